The van der Waals surface area contributed by atoms with Crippen LogP contribution in [0.2, 0.25) is 0 Å². The first-order chi connectivity index (χ1) is 7.95. The molecule has 1 fully saturated rings. The first kappa shape index (κ1) is 9.86. The SMILES string of the molecule is C1=C2CCN[C@@H](c3ccccc3)C2=CCC1. The van der Waals surface area contributed by atoms with E-state index in [0.717, 1.165) is 6.54 Å². The molecule has 16 heavy (non-hydrogen) atoms. The highest BCUT2D eigenvalue weighted by molar-refractivity contribution is 5.44. The van der Waals surface area contributed by atoms with Gasteiger partial charge < -0.3 is 5.32 Å². The molecule has 1 heteroatoms. The maximum absolute atomic E-state index is 3.63. The van der Waals surface area contributed by atoms with Gasteiger partial charge in [-0.2, -0.15) is 0 Å². The molecular weight excluding hydrogens is 194 g/mol. The normalized spacial score (nSPS) is 24.4. The smallest absolute Gasteiger partial charge is 0.0576 e. The van der Waals surface area contributed by atoms with Crippen LogP contribution in [0.5, 0.6) is 0 Å². The van der Waals surface area contributed by atoms with Gasteiger partial charge in [0.05, 0.1) is 6.04 Å². The summed E-state index contributed by atoms with van der Waals surface area (Å²) in [7, 11) is 0. The van der Waals surface area contributed by atoms with Crippen LogP contribution >= 0.6 is 0 Å². The Bertz CT molecular complexity index is 428. The van der Waals surface area contributed by atoms with Crippen LogP contribution in [-0.2, 0) is 0 Å². The van der Waals surface area contributed by atoms with E-state index in [0.29, 0.717) is 6.04 Å². The van der Waals surface area contributed by atoms with Crippen LogP contribution in [0.4, 0.5) is 0 Å². The van der Waals surface area contributed by atoms with Crippen LogP contribution in [0.3, 0.4) is 0 Å². The Morgan fingerprint density at radius 3 is 2.69 bits per heavy atom. The Kier molecular flexibility index (Phi) is 2.63. The van der Waals surface area contributed by atoms with E-state index in [4.69, 9.17) is 0 Å². The Morgan fingerprint density at radius 2 is 1.81 bits per heavy atom. The van der Waals surface area contributed by atoms with Crippen LogP contribution < -0.4 is 5.32 Å². The third kappa shape index (κ3) is 1.72. The Balaban J connectivity index is 1.96. The topological polar surface area (TPSA) is 12.0 Å². The van der Waals surface area contributed by atoms with Crippen molar-refractivity contribution in [1.82, 2.24) is 5.32 Å². The molecule has 0 unspecified atom stereocenters. The third-order valence-corrected chi connectivity index (χ3v) is 3.48. The molecule has 0 spiro atoms. The van der Waals surface area contributed by atoms with Gasteiger partial charge in [0.15, 0.2) is 0 Å². The van der Waals surface area contributed by atoms with Crippen molar-refractivity contribution in [2.24, 2.45) is 0 Å². The quantitative estimate of drug-likeness (QED) is 0.751. The van der Waals surface area contributed by atoms with E-state index in [1.165, 1.54) is 30.4 Å². The first-order valence-electron chi connectivity index (χ1n) is 6.13. The van der Waals surface area contributed by atoms with Gasteiger partial charge in [0, 0.05) is 6.54 Å². The Morgan fingerprint density at radius 1 is 1.00 bits per heavy atom. The van der Waals surface area contributed by atoms with Crippen molar-refractivity contribution in [3.05, 3.63) is 59.2 Å². The molecule has 1 nitrogen and oxygen atoms in total. The van der Waals surface area contributed by atoms with E-state index in [1.807, 2.05) is 0 Å². The maximum Gasteiger partial charge on any atom is 0.0576 e. The van der Waals surface area contributed by atoms with Gasteiger partial charge in [-0.05, 0) is 36.0 Å². The number of nitrogens with one attached hydrogen (secondary N) is 1. The maximum atomic E-state index is 3.63. The summed E-state index contributed by atoms with van der Waals surface area (Å²) in [5.74, 6) is 0. The molecule has 1 aromatic carbocycles. The molecule has 0 bridgehead atoms. The predicted octanol–water partition coefficient (Wildman–Crippen LogP) is 3.37. The second kappa shape index (κ2) is 4.26. The van der Waals surface area contributed by atoms with Gasteiger partial charge >= 0.3 is 0 Å². The highest BCUT2D eigenvalue weighted by Crippen LogP contribution is 2.35. The molecule has 0 amide bonds. The number of fused-ring (bicyclic) bond motifs is 1. The number of benzene rings is 1. The molecule has 0 saturated carbocycles. The summed E-state index contributed by atoms with van der Waals surface area (Å²) in [5.41, 5.74) is 4.48. The van der Waals surface area contributed by atoms with E-state index >= 15 is 0 Å². The molecule has 0 aromatic heterocycles. The summed E-state index contributed by atoms with van der Waals surface area (Å²) < 4.78 is 0. The van der Waals surface area contributed by atoms with Gasteiger partial charge in [-0.3, -0.25) is 0 Å². The van der Waals surface area contributed by atoms with Gasteiger partial charge in [0.1, 0.15) is 0 Å². The van der Waals surface area contributed by atoms with Crippen LogP contribution in [0.15, 0.2) is 53.6 Å². The van der Waals surface area contributed by atoms with Crippen molar-refractivity contribution in [3.63, 3.8) is 0 Å². The predicted molar refractivity (Wildman–Crippen MR) is 67.2 cm³/mol. The molecule has 82 valence electrons. The summed E-state index contributed by atoms with van der Waals surface area (Å²) >= 11 is 0. The fourth-order valence-corrected chi connectivity index (χ4v) is 2.70. The highest BCUT2D eigenvalue weighted by Gasteiger charge is 2.24. The van der Waals surface area contributed by atoms with Gasteiger partial charge in [-0.1, -0.05) is 42.5 Å². The molecule has 1 heterocycles. The molecule has 1 aliphatic heterocycles. The van der Waals surface area contributed by atoms with Crippen molar-refractivity contribution in [1.29, 1.82) is 0 Å². The number of rotatable bonds is 1. The van der Waals surface area contributed by atoms with Crippen LogP contribution in [-0.4, -0.2) is 6.54 Å². The van der Waals surface area contributed by atoms with Crippen LogP contribution in [0.25, 0.3) is 0 Å². The van der Waals surface area contributed by atoms with E-state index in [2.05, 4.69) is 47.8 Å². The highest BCUT2D eigenvalue weighted by atomic mass is 14.9. The number of piperidine rings is 1. The summed E-state index contributed by atoms with van der Waals surface area (Å²) in [6.45, 7) is 1.10. The lowest BCUT2D eigenvalue weighted by molar-refractivity contribution is 0.552. The minimum absolute atomic E-state index is 0.418. The molecule has 3 rings (SSSR count). The Hall–Kier alpha value is -1.34. The van der Waals surface area contributed by atoms with Crippen molar-refractivity contribution in [3.8, 4) is 0 Å². The molecule has 1 saturated heterocycles. The van der Waals surface area contributed by atoms with Gasteiger partial charge in [0.2, 0.25) is 0 Å². The van der Waals surface area contributed by atoms with E-state index in [1.54, 1.807) is 5.57 Å². The largest absolute Gasteiger partial charge is 0.306 e. The van der Waals surface area contributed by atoms with Crippen molar-refractivity contribution < 1.29 is 0 Å². The lowest BCUT2D eigenvalue weighted by atomic mass is 9.84. The molecule has 1 aliphatic carbocycles. The number of allylic oxidation sites excluding steroid dienone is 2. The number of hydrogen-bond acceptors (Lipinski definition) is 1. The zero-order valence-electron chi connectivity index (χ0n) is 9.45. The fraction of sp³-hybridized carbons (Fsp3) is 0.333. The molecule has 1 aromatic rings. The van der Waals surface area contributed by atoms with Gasteiger partial charge in [0.25, 0.3) is 0 Å². The number of hydrogen-bond donors (Lipinski definition) is 1. The van der Waals surface area contributed by atoms with Crippen LogP contribution in [0.1, 0.15) is 30.9 Å². The molecule has 1 N–H and O–H groups in total. The second-order valence-corrected chi connectivity index (χ2v) is 4.51. The summed E-state index contributed by atoms with van der Waals surface area (Å²) in [6.07, 6.45) is 8.45. The minimum Gasteiger partial charge on any atom is -0.306 e. The zero-order chi connectivity index (χ0) is 10.8. The summed E-state index contributed by atoms with van der Waals surface area (Å²) in [5, 5.41) is 3.63. The van der Waals surface area contributed by atoms with E-state index < -0.39 is 0 Å². The molecular formula is C15H17N. The molecule has 1 atom stereocenters. The molecule has 2 aliphatic rings. The lowest BCUT2D eigenvalue weighted by Crippen LogP contribution is -2.30. The first-order valence-corrected chi connectivity index (χ1v) is 6.13. The lowest BCUT2D eigenvalue weighted by Gasteiger charge is -2.31. The van der Waals surface area contributed by atoms with Gasteiger partial charge in [-0.25, -0.2) is 0 Å². The summed E-state index contributed by atoms with van der Waals surface area (Å²) in [4.78, 5) is 0. The average Bonchev–Trinajstić information content (AvgIpc) is 2.39. The van der Waals surface area contributed by atoms with Crippen LogP contribution in [0, 0.1) is 0 Å². The van der Waals surface area contributed by atoms with E-state index in [-0.39, 0.29) is 0 Å². The van der Waals surface area contributed by atoms with Gasteiger partial charge in [-0.15, -0.1) is 0 Å². The standard InChI is InChI=1S/C15H17N/c1-2-7-13(8-3-1)15-14-9-5-4-6-12(14)10-11-16-15/h1-3,6-9,15-16H,4-5,10-11H2/t15-/m0/s1. The fourth-order valence-electron chi connectivity index (χ4n) is 2.70. The third-order valence-electron chi connectivity index (χ3n) is 3.48. The van der Waals surface area contributed by atoms with Crippen molar-refractivity contribution in [2.45, 2.75) is 25.3 Å². The Labute approximate surface area is 96.9 Å². The van der Waals surface area contributed by atoms with Crippen molar-refractivity contribution in [2.75, 3.05) is 6.54 Å². The van der Waals surface area contributed by atoms with E-state index in [9.17, 15) is 0 Å². The monoisotopic (exact) mass is 211 g/mol. The van der Waals surface area contributed by atoms with Crippen molar-refractivity contribution >= 4 is 0 Å². The zero-order valence-corrected chi connectivity index (χ0v) is 9.45. The molecule has 0 radical (unpaired) electrons. The summed E-state index contributed by atoms with van der Waals surface area (Å²) in [6, 6.07) is 11.2. The minimum atomic E-state index is 0.418. The average molecular weight is 211 g/mol. The second-order valence-electron chi connectivity index (χ2n) is 4.51.